The topological polar surface area (TPSA) is 49.4 Å². The molecule has 4 nitrogen and oxygen atoms in total. The summed E-state index contributed by atoms with van der Waals surface area (Å²) in [4.78, 5) is 25.4. The van der Waals surface area contributed by atoms with Crippen LogP contribution in [0.3, 0.4) is 0 Å². The molecule has 1 aliphatic heterocycles. The van der Waals surface area contributed by atoms with Gasteiger partial charge in [-0.1, -0.05) is 33.6 Å². The zero-order valence-electron chi connectivity index (χ0n) is 11.2. The highest BCUT2D eigenvalue weighted by molar-refractivity contribution is 5.94. The van der Waals surface area contributed by atoms with Crippen LogP contribution in [0, 0.1) is 5.92 Å². The monoisotopic (exact) mass is 240 g/mol. The van der Waals surface area contributed by atoms with Crippen LogP contribution in [-0.2, 0) is 9.59 Å². The molecule has 0 saturated carbocycles. The van der Waals surface area contributed by atoms with Gasteiger partial charge in [-0.2, -0.15) is 0 Å². The molecule has 0 aromatic heterocycles. The summed E-state index contributed by atoms with van der Waals surface area (Å²) in [6, 6.07) is -0.308. The smallest absolute Gasteiger partial charge is 0.245 e. The van der Waals surface area contributed by atoms with Gasteiger partial charge in [-0.3, -0.25) is 9.59 Å². The molecular weight excluding hydrogens is 216 g/mol. The number of amides is 2. The maximum Gasteiger partial charge on any atom is 0.245 e. The lowest BCUT2D eigenvalue weighted by Crippen LogP contribution is -2.58. The molecular formula is C13H24N2O2. The minimum atomic E-state index is -0.308. The van der Waals surface area contributed by atoms with Crippen LogP contribution in [0.15, 0.2) is 0 Å². The summed E-state index contributed by atoms with van der Waals surface area (Å²) in [7, 11) is 0. The van der Waals surface area contributed by atoms with Crippen molar-refractivity contribution in [2.45, 2.75) is 52.5 Å². The number of unbranched alkanes of at least 4 members (excludes halogenated alkanes) is 2. The molecule has 1 saturated heterocycles. The van der Waals surface area contributed by atoms with Gasteiger partial charge in [0.15, 0.2) is 0 Å². The molecule has 17 heavy (non-hydrogen) atoms. The molecule has 1 unspecified atom stereocenters. The van der Waals surface area contributed by atoms with Crippen LogP contribution >= 0.6 is 0 Å². The Labute approximate surface area is 104 Å². The van der Waals surface area contributed by atoms with Crippen molar-refractivity contribution in [1.82, 2.24) is 10.2 Å². The lowest BCUT2D eigenvalue weighted by atomic mass is 10.0. The van der Waals surface area contributed by atoms with E-state index in [1.807, 2.05) is 0 Å². The van der Waals surface area contributed by atoms with E-state index in [4.69, 9.17) is 0 Å². The van der Waals surface area contributed by atoms with E-state index in [0.717, 1.165) is 25.7 Å². The van der Waals surface area contributed by atoms with Gasteiger partial charge in [0.25, 0.3) is 0 Å². The number of carbonyl (C=O) groups is 2. The summed E-state index contributed by atoms with van der Waals surface area (Å²) >= 11 is 0. The van der Waals surface area contributed by atoms with E-state index in [1.54, 1.807) is 4.90 Å². The number of carbonyl (C=O) groups excluding carboxylic acids is 2. The van der Waals surface area contributed by atoms with Gasteiger partial charge in [-0.05, 0) is 18.8 Å². The molecule has 4 heteroatoms. The highest BCUT2D eigenvalue weighted by atomic mass is 16.2. The lowest BCUT2D eigenvalue weighted by Gasteiger charge is -2.33. The molecule has 0 aromatic carbocycles. The van der Waals surface area contributed by atoms with E-state index in [2.05, 4.69) is 26.1 Å². The van der Waals surface area contributed by atoms with Crippen molar-refractivity contribution in [3.05, 3.63) is 0 Å². The van der Waals surface area contributed by atoms with Crippen LogP contribution < -0.4 is 5.32 Å². The van der Waals surface area contributed by atoms with E-state index in [1.165, 1.54) is 0 Å². The summed E-state index contributed by atoms with van der Waals surface area (Å²) < 4.78 is 0. The Balaban J connectivity index is 2.52. The van der Waals surface area contributed by atoms with Crippen molar-refractivity contribution in [2.24, 2.45) is 5.92 Å². The Kier molecular flexibility index (Phi) is 5.45. The molecule has 2 amide bonds. The average molecular weight is 240 g/mol. The van der Waals surface area contributed by atoms with E-state index in [-0.39, 0.29) is 24.4 Å². The summed E-state index contributed by atoms with van der Waals surface area (Å²) in [5, 5.41) is 2.79. The maximum atomic E-state index is 12.1. The number of nitrogens with zero attached hydrogens (tertiary/aromatic N) is 1. The Hall–Kier alpha value is -1.06. The SMILES string of the molecule is CCCCCN1CC(=O)NC(CC(C)C)C1=O. The standard InChI is InChI=1S/C13H24N2O2/c1-4-5-6-7-15-9-12(16)14-11(13(15)17)8-10(2)3/h10-11H,4-9H2,1-3H3,(H,14,16). The van der Waals surface area contributed by atoms with E-state index < -0.39 is 0 Å². The maximum absolute atomic E-state index is 12.1. The van der Waals surface area contributed by atoms with Gasteiger partial charge in [-0.25, -0.2) is 0 Å². The van der Waals surface area contributed by atoms with Gasteiger partial charge in [0.2, 0.25) is 11.8 Å². The molecule has 1 fully saturated rings. The third-order valence-corrected chi connectivity index (χ3v) is 3.02. The van der Waals surface area contributed by atoms with Gasteiger partial charge < -0.3 is 10.2 Å². The number of hydrogen-bond acceptors (Lipinski definition) is 2. The Bertz CT molecular complexity index is 277. The van der Waals surface area contributed by atoms with Crippen molar-refractivity contribution >= 4 is 11.8 Å². The Morgan fingerprint density at radius 2 is 2.06 bits per heavy atom. The second-order valence-corrected chi connectivity index (χ2v) is 5.22. The molecule has 1 aliphatic rings. The van der Waals surface area contributed by atoms with Crippen LogP contribution in [0.2, 0.25) is 0 Å². The molecule has 0 spiro atoms. The van der Waals surface area contributed by atoms with Gasteiger partial charge in [0.05, 0.1) is 6.54 Å². The number of hydrogen-bond donors (Lipinski definition) is 1. The quantitative estimate of drug-likeness (QED) is 0.716. The highest BCUT2D eigenvalue weighted by Gasteiger charge is 2.32. The first-order chi connectivity index (χ1) is 8.04. The minimum absolute atomic E-state index is 0.0215. The summed E-state index contributed by atoms with van der Waals surface area (Å²) in [5.74, 6) is 0.487. The van der Waals surface area contributed by atoms with Crippen LogP contribution in [0.5, 0.6) is 0 Å². The molecule has 0 aliphatic carbocycles. The minimum Gasteiger partial charge on any atom is -0.343 e. The predicted molar refractivity (Wildman–Crippen MR) is 67.5 cm³/mol. The lowest BCUT2D eigenvalue weighted by molar-refractivity contribution is -0.144. The molecule has 0 aromatic rings. The molecule has 1 heterocycles. The Morgan fingerprint density at radius 1 is 1.35 bits per heavy atom. The van der Waals surface area contributed by atoms with Crippen LogP contribution in [-0.4, -0.2) is 35.8 Å². The van der Waals surface area contributed by atoms with Gasteiger partial charge in [0.1, 0.15) is 6.04 Å². The first-order valence-electron chi connectivity index (χ1n) is 6.62. The molecule has 0 radical (unpaired) electrons. The molecule has 1 atom stereocenters. The van der Waals surface area contributed by atoms with E-state index in [0.29, 0.717) is 12.5 Å². The second-order valence-electron chi connectivity index (χ2n) is 5.22. The fourth-order valence-electron chi connectivity index (χ4n) is 2.15. The van der Waals surface area contributed by atoms with E-state index in [9.17, 15) is 9.59 Å². The first kappa shape index (κ1) is 14.0. The van der Waals surface area contributed by atoms with E-state index >= 15 is 0 Å². The largest absolute Gasteiger partial charge is 0.343 e. The van der Waals surface area contributed by atoms with Crippen molar-refractivity contribution in [2.75, 3.05) is 13.1 Å². The molecule has 0 bridgehead atoms. The summed E-state index contributed by atoms with van der Waals surface area (Å²) in [6.07, 6.45) is 3.96. The predicted octanol–water partition coefficient (Wildman–Crippen LogP) is 1.55. The van der Waals surface area contributed by atoms with Crippen molar-refractivity contribution in [1.29, 1.82) is 0 Å². The summed E-state index contributed by atoms with van der Waals surface area (Å²) in [5.41, 5.74) is 0. The van der Waals surface area contributed by atoms with Gasteiger partial charge >= 0.3 is 0 Å². The number of piperazine rings is 1. The third-order valence-electron chi connectivity index (χ3n) is 3.02. The fraction of sp³-hybridized carbons (Fsp3) is 0.846. The van der Waals surface area contributed by atoms with Crippen molar-refractivity contribution in [3.8, 4) is 0 Å². The Morgan fingerprint density at radius 3 is 2.65 bits per heavy atom. The second kappa shape index (κ2) is 6.62. The first-order valence-corrected chi connectivity index (χ1v) is 6.62. The average Bonchev–Trinajstić information content (AvgIpc) is 2.24. The van der Waals surface area contributed by atoms with Gasteiger partial charge in [-0.15, -0.1) is 0 Å². The normalized spacial score (nSPS) is 20.9. The molecule has 98 valence electrons. The van der Waals surface area contributed by atoms with Crippen molar-refractivity contribution in [3.63, 3.8) is 0 Å². The highest BCUT2D eigenvalue weighted by Crippen LogP contribution is 2.12. The molecule has 1 rings (SSSR count). The third kappa shape index (κ3) is 4.36. The zero-order chi connectivity index (χ0) is 12.8. The van der Waals surface area contributed by atoms with Crippen molar-refractivity contribution < 1.29 is 9.59 Å². The molecule has 1 N–H and O–H groups in total. The summed E-state index contributed by atoms with van der Waals surface area (Å²) in [6.45, 7) is 7.21. The fourth-order valence-corrected chi connectivity index (χ4v) is 2.15. The number of nitrogens with one attached hydrogen (secondary N) is 1. The zero-order valence-corrected chi connectivity index (χ0v) is 11.2. The van der Waals surface area contributed by atoms with Crippen LogP contribution in [0.25, 0.3) is 0 Å². The van der Waals surface area contributed by atoms with Crippen LogP contribution in [0.4, 0.5) is 0 Å². The van der Waals surface area contributed by atoms with Crippen LogP contribution in [0.1, 0.15) is 46.5 Å². The number of rotatable bonds is 6. The van der Waals surface area contributed by atoms with Gasteiger partial charge in [0, 0.05) is 6.54 Å².